The van der Waals surface area contributed by atoms with E-state index in [1.54, 1.807) is 18.2 Å². The number of hydrogen-bond acceptors (Lipinski definition) is 4. The van der Waals surface area contributed by atoms with Crippen molar-refractivity contribution >= 4 is 45.3 Å². The highest BCUT2D eigenvalue weighted by molar-refractivity contribution is 7.80. The van der Waals surface area contributed by atoms with E-state index in [0.29, 0.717) is 21.4 Å². The normalized spacial score (nSPS) is 10.0. The molecule has 0 radical (unpaired) electrons. The van der Waals surface area contributed by atoms with Crippen LogP contribution in [0.5, 0.6) is 0 Å². The number of aryl methyl sites for hydroxylation is 1. The first-order valence-electron chi connectivity index (χ1n) is 6.02. The van der Waals surface area contributed by atoms with E-state index in [-0.39, 0.29) is 5.82 Å². The fourth-order valence-corrected chi connectivity index (χ4v) is 2.86. The first-order valence-corrected chi connectivity index (χ1v) is 7.24. The number of carbonyl (C=O) groups excluding carboxylic acids is 1. The van der Waals surface area contributed by atoms with E-state index in [1.807, 2.05) is 6.92 Å². The van der Waals surface area contributed by atoms with Crippen LogP contribution in [0.4, 0.5) is 15.1 Å². The van der Waals surface area contributed by atoms with Crippen molar-refractivity contribution in [3.05, 3.63) is 46.6 Å². The lowest BCUT2D eigenvalue weighted by Gasteiger charge is -2.10. The summed E-state index contributed by atoms with van der Waals surface area (Å²) in [5.74, 6) is -0.743. The average Bonchev–Trinajstić information content (AvgIpc) is 2.81. The predicted molar refractivity (Wildman–Crippen MR) is 86.6 cm³/mol. The van der Waals surface area contributed by atoms with Crippen molar-refractivity contribution in [3.8, 4) is 0 Å². The van der Waals surface area contributed by atoms with Crippen molar-refractivity contribution in [2.45, 2.75) is 6.92 Å². The summed E-state index contributed by atoms with van der Waals surface area (Å²) in [5.41, 5.74) is 1.09. The van der Waals surface area contributed by atoms with E-state index in [9.17, 15) is 9.18 Å². The molecule has 2 aromatic rings. The van der Waals surface area contributed by atoms with Crippen LogP contribution in [0.15, 0.2) is 30.3 Å². The zero-order valence-electron chi connectivity index (χ0n) is 11.4. The second-order valence-corrected chi connectivity index (χ2v) is 5.84. The first kappa shape index (κ1) is 15.4. The molecular formula is C14H13FN2O2S2. The Bertz CT molecular complexity index is 668. The minimum Gasteiger partial charge on any atom is -0.465 e. The molecule has 2 N–H and O–H groups in total. The highest BCUT2D eigenvalue weighted by atomic mass is 32.1. The Morgan fingerprint density at radius 1 is 1.29 bits per heavy atom. The van der Waals surface area contributed by atoms with Crippen LogP contribution in [-0.2, 0) is 4.74 Å². The van der Waals surface area contributed by atoms with Gasteiger partial charge in [0.25, 0.3) is 0 Å². The molecule has 1 aromatic carbocycles. The number of esters is 1. The summed E-state index contributed by atoms with van der Waals surface area (Å²) in [4.78, 5) is 12.6. The lowest BCUT2D eigenvalue weighted by Crippen LogP contribution is -2.19. The molecular weight excluding hydrogens is 311 g/mol. The van der Waals surface area contributed by atoms with Crippen LogP contribution < -0.4 is 10.6 Å². The smallest absolute Gasteiger partial charge is 0.340 e. The molecule has 2 rings (SSSR count). The van der Waals surface area contributed by atoms with Gasteiger partial charge in [-0.1, -0.05) is 0 Å². The SMILES string of the molecule is COC(=O)c1cc(C)sc1NC(=S)Nc1ccc(F)cc1. The number of thiophene rings is 1. The molecule has 1 aromatic heterocycles. The Balaban J connectivity index is 2.09. The number of ether oxygens (including phenoxy) is 1. The van der Waals surface area contributed by atoms with Crippen LogP contribution in [0.3, 0.4) is 0 Å². The summed E-state index contributed by atoms with van der Waals surface area (Å²) in [6.07, 6.45) is 0. The highest BCUT2D eigenvalue weighted by Crippen LogP contribution is 2.28. The number of halogens is 1. The fourth-order valence-electron chi connectivity index (χ4n) is 1.67. The third-order valence-corrected chi connectivity index (χ3v) is 3.76. The van der Waals surface area contributed by atoms with Gasteiger partial charge in [0, 0.05) is 10.6 Å². The van der Waals surface area contributed by atoms with E-state index in [4.69, 9.17) is 17.0 Å². The molecule has 0 unspecified atom stereocenters. The molecule has 21 heavy (non-hydrogen) atoms. The maximum absolute atomic E-state index is 12.8. The number of methoxy groups -OCH3 is 1. The van der Waals surface area contributed by atoms with Crippen molar-refractivity contribution in [3.63, 3.8) is 0 Å². The molecule has 0 saturated heterocycles. The number of benzene rings is 1. The number of rotatable bonds is 3. The third kappa shape index (κ3) is 3.99. The molecule has 0 fully saturated rings. The molecule has 0 aliphatic heterocycles. The van der Waals surface area contributed by atoms with Gasteiger partial charge in [0.05, 0.1) is 12.7 Å². The molecule has 110 valence electrons. The van der Waals surface area contributed by atoms with Gasteiger partial charge in [-0.3, -0.25) is 0 Å². The van der Waals surface area contributed by atoms with Crippen LogP contribution in [0.2, 0.25) is 0 Å². The molecule has 0 spiro atoms. The van der Waals surface area contributed by atoms with Crippen molar-refractivity contribution in [1.82, 2.24) is 0 Å². The minimum absolute atomic E-state index is 0.314. The molecule has 0 aliphatic carbocycles. The average molecular weight is 324 g/mol. The molecule has 0 atom stereocenters. The molecule has 0 aliphatic rings. The standard InChI is InChI=1S/C14H13FN2O2S2/c1-8-7-11(13(18)19-2)12(21-8)17-14(20)16-10-5-3-9(15)4-6-10/h3-7H,1-2H3,(H2,16,17,20). The number of nitrogens with one attached hydrogen (secondary N) is 2. The van der Waals surface area contributed by atoms with Crippen molar-refractivity contribution in [2.75, 3.05) is 17.7 Å². The fraction of sp³-hybridized carbons (Fsp3) is 0.143. The molecule has 0 bridgehead atoms. The van der Waals surface area contributed by atoms with Crippen LogP contribution in [-0.4, -0.2) is 18.2 Å². The van der Waals surface area contributed by atoms with Gasteiger partial charge in [-0.25, -0.2) is 9.18 Å². The Labute approximate surface area is 130 Å². The summed E-state index contributed by atoms with van der Waals surface area (Å²) >= 11 is 6.58. The summed E-state index contributed by atoms with van der Waals surface area (Å²) < 4.78 is 17.6. The van der Waals surface area contributed by atoms with Gasteiger partial charge >= 0.3 is 5.97 Å². The molecule has 0 amide bonds. The van der Waals surface area contributed by atoms with Crippen molar-refractivity contribution < 1.29 is 13.9 Å². The van der Waals surface area contributed by atoms with E-state index in [0.717, 1.165) is 4.88 Å². The zero-order valence-corrected chi connectivity index (χ0v) is 13.0. The van der Waals surface area contributed by atoms with Crippen LogP contribution in [0.25, 0.3) is 0 Å². The molecule has 1 heterocycles. The van der Waals surface area contributed by atoms with Gasteiger partial charge in [-0.2, -0.15) is 0 Å². The second-order valence-electron chi connectivity index (χ2n) is 4.18. The van der Waals surface area contributed by atoms with Gasteiger partial charge in [0.2, 0.25) is 0 Å². The topological polar surface area (TPSA) is 50.4 Å². The Hall–Kier alpha value is -1.99. The summed E-state index contributed by atoms with van der Waals surface area (Å²) in [6, 6.07) is 7.55. The summed E-state index contributed by atoms with van der Waals surface area (Å²) in [5, 5.41) is 6.80. The van der Waals surface area contributed by atoms with Gasteiger partial charge in [0.15, 0.2) is 5.11 Å². The second kappa shape index (κ2) is 6.64. The van der Waals surface area contributed by atoms with E-state index >= 15 is 0 Å². The molecule has 4 nitrogen and oxygen atoms in total. The minimum atomic E-state index is -0.425. The van der Waals surface area contributed by atoms with Gasteiger partial charge in [0.1, 0.15) is 10.8 Å². The first-order chi connectivity index (χ1) is 9.99. The summed E-state index contributed by atoms with van der Waals surface area (Å²) in [6.45, 7) is 1.89. The maximum Gasteiger partial charge on any atom is 0.340 e. The van der Waals surface area contributed by atoms with Crippen LogP contribution >= 0.6 is 23.6 Å². The number of carbonyl (C=O) groups is 1. The van der Waals surface area contributed by atoms with Crippen molar-refractivity contribution in [2.24, 2.45) is 0 Å². The Morgan fingerprint density at radius 2 is 1.95 bits per heavy atom. The van der Waals surface area contributed by atoms with E-state index in [1.165, 1.54) is 30.6 Å². The lowest BCUT2D eigenvalue weighted by atomic mass is 10.3. The quantitative estimate of drug-likeness (QED) is 0.664. The van der Waals surface area contributed by atoms with Gasteiger partial charge in [-0.05, 0) is 49.5 Å². The van der Waals surface area contributed by atoms with Crippen LogP contribution in [0.1, 0.15) is 15.2 Å². The molecule has 0 saturated carbocycles. The van der Waals surface area contributed by atoms with Gasteiger partial charge < -0.3 is 15.4 Å². The number of anilines is 2. The van der Waals surface area contributed by atoms with E-state index < -0.39 is 5.97 Å². The van der Waals surface area contributed by atoms with E-state index in [2.05, 4.69) is 10.6 Å². The van der Waals surface area contributed by atoms with Crippen molar-refractivity contribution in [1.29, 1.82) is 0 Å². The van der Waals surface area contributed by atoms with Gasteiger partial charge in [-0.15, -0.1) is 11.3 Å². The number of thiocarbonyl (C=S) groups is 1. The highest BCUT2D eigenvalue weighted by Gasteiger charge is 2.16. The largest absolute Gasteiger partial charge is 0.465 e. The predicted octanol–water partition coefficient (Wildman–Crippen LogP) is 3.79. The third-order valence-electron chi connectivity index (χ3n) is 2.59. The lowest BCUT2D eigenvalue weighted by molar-refractivity contribution is 0.0602. The number of hydrogen-bond donors (Lipinski definition) is 2. The monoisotopic (exact) mass is 324 g/mol. The maximum atomic E-state index is 12.8. The summed E-state index contributed by atoms with van der Waals surface area (Å²) in [7, 11) is 1.33. The zero-order chi connectivity index (χ0) is 15.4. The Morgan fingerprint density at radius 3 is 2.57 bits per heavy atom. The Kier molecular flexibility index (Phi) is 4.87. The van der Waals surface area contributed by atoms with Crippen LogP contribution in [0, 0.1) is 12.7 Å². The molecule has 7 heteroatoms.